The van der Waals surface area contributed by atoms with Gasteiger partial charge in [-0.25, -0.2) is 4.79 Å². The van der Waals surface area contributed by atoms with E-state index in [0.717, 1.165) is 13.0 Å². The summed E-state index contributed by atoms with van der Waals surface area (Å²) >= 11 is 0. The Bertz CT molecular complexity index is 396. The molecule has 3 nitrogen and oxygen atoms in total. The minimum Gasteiger partial charge on any atom is -0.461 e. The number of hydrogen-bond donors (Lipinski definition) is 0. The van der Waals surface area contributed by atoms with E-state index < -0.39 is 0 Å². The van der Waals surface area contributed by atoms with Crippen molar-refractivity contribution in [3.8, 4) is 0 Å². The third kappa shape index (κ3) is 5.64. The summed E-state index contributed by atoms with van der Waals surface area (Å²) in [6.07, 6.45) is 2.67. The molecule has 0 aliphatic carbocycles. The van der Waals surface area contributed by atoms with Gasteiger partial charge in [0.25, 0.3) is 0 Å². The van der Waals surface area contributed by atoms with Crippen molar-refractivity contribution >= 4 is 5.97 Å². The van der Waals surface area contributed by atoms with Gasteiger partial charge >= 0.3 is 5.97 Å². The average molecular weight is 247 g/mol. The first kappa shape index (κ1) is 14.5. The van der Waals surface area contributed by atoms with Gasteiger partial charge in [-0.2, -0.15) is 0 Å². The standard InChI is InChI=1S/C15H21NO2/c1-13(15(17)18-12-11-16(2)3)9-10-14-7-5-4-6-8-14/h4-9H,10-12H2,1-3H3. The Hall–Kier alpha value is -1.61. The fraction of sp³-hybridized carbons (Fsp3) is 0.400. The first-order valence-corrected chi connectivity index (χ1v) is 6.12. The lowest BCUT2D eigenvalue weighted by molar-refractivity contribution is -0.139. The van der Waals surface area contributed by atoms with Crippen LogP contribution in [0.15, 0.2) is 42.0 Å². The van der Waals surface area contributed by atoms with Gasteiger partial charge in [0.15, 0.2) is 0 Å². The summed E-state index contributed by atoms with van der Waals surface area (Å²) in [5.74, 6) is -0.229. The summed E-state index contributed by atoms with van der Waals surface area (Å²) in [5.41, 5.74) is 1.86. The maximum absolute atomic E-state index is 11.6. The van der Waals surface area contributed by atoms with Crippen molar-refractivity contribution in [3.63, 3.8) is 0 Å². The van der Waals surface area contributed by atoms with Crippen molar-refractivity contribution in [1.29, 1.82) is 0 Å². The van der Waals surface area contributed by atoms with Gasteiger partial charge in [0, 0.05) is 12.1 Å². The van der Waals surface area contributed by atoms with E-state index in [1.807, 2.05) is 55.4 Å². The Morgan fingerprint density at radius 2 is 1.94 bits per heavy atom. The molecule has 0 amide bonds. The summed E-state index contributed by atoms with van der Waals surface area (Å²) in [6, 6.07) is 10.1. The molecule has 3 heteroatoms. The molecule has 0 N–H and O–H groups in total. The van der Waals surface area contributed by atoms with Gasteiger partial charge in [0.05, 0.1) is 0 Å². The molecule has 0 fully saturated rings. The van der Waals surface area contributed by atoms with Crippen LogP contribution in [0.2, 0.25) is 0 Å². The number of ether oxygens (including phenoxy) is 1. The van der Waals surface area contributed by atoms with E-state index in [9.17, 15) is 4.79 Å². The van der Waals surface area contributed by atoms with Gasteiger partial charge in [0.1, 0.15) is 6.61 Å². The highest BCUT2D eigenvalue weighted by atomic mass is 16.5. The molecule has 0 aliphatic rings. The van der Waals surface area contributed by atoms with Crippen LogP contribution in [0.1, 0.15) is 12.5 Å². The van der Waals surface area contributed by atoms with E-state index in [-0.39, 0.29) is 5.97 Å². The number of nitrogens with zero attached hydrogens (tertiary/aromatic N) is 1. The van der Waals surface area contributed by atoms with Crippen molar-refractivity contribution < 1.29 is 9.53 Å². The second-order valence-corrected chi connectivity index (χ2v) is 4.52. The fourth-order valence-corrected chi connectivity index (χ4v) is 1.40. The van der Waals surface area contributed by atoms with Crippen LogP contribution in [0.5, 0.6) is 0 Å². The topological polar surface area (TPSA) is 29.5 Å². The Morgan fingerprint density at radius 1 is 1.28 bits per heavy atom. The molecule has 0 atom stereocenters. The summed E-state index contributed by atoms with van der Waals surface area (Å²) < 4.78 is 5.15. The highest BCUT2D eigenvalue weighted by Crippen LogP contribution is 2.04. The highest BCUT2D eigenvalue weighted by Gasteiger charge is 2.05. The average Bonchev–Trinajstić information content (AvgIpc) is 2.36. The van der Waals surface area contributed by atoms with Crippen molar-refractivity contribution in [2.45, 2.75) is 13.3 Å². The van der Waals surface area contributed by atoms with Crippen LogP contribution in [-0.4, -0.2) is 38.1 Å². The molecular formula is C15H21NO2. The van der Waals surface area contributed by atoms with Gasteiger partial charge in [-0.3, -0.25) is 0 Å². The van der Waals surface area contributed by atoms with E-state index in [2.05, 4.69) is 0 Å². The van der Waals surface area contributed by atoms with Gasteiger partial charge in [-0.1, -0.05) is 36.4 Å². The highest BCUT2D eigenvalue weighted by molar-refractivity contribution is 5.87. The summed E-state index contributed by atoms with van der Waals surface area (Å²) in [7, 11) is 3.90. The Kier molecular flexibility index (Phi) is 6.15. The normalized spacial score (nSPS) is 11.7. The zero-order valence-electron chi connectivity index (χ0n) is 11.3. The van der Waals surface area contributed by atoms with Gasteiger partial charge in [0.2, 0.25) is 0 Å². The van der Waals surface area contributed by atoms with E-state index in [4.69, 9.17) is 4.74 Å². The second kappa shape index (κ2) is 7.67. The molecule has 98 valence electrons. The first-order valence-electron chi connectivity index (χ1n) is 6.12. The first-order chi connectivity index (χ1) is 8.59. The summed E-state index contributed by atoms with van der Waals surface area (Å²) in [6.45, 7) is 2.97. The molecule has 0 aromatic heterocycles. The van der Waals surface area contributed by atoms with Gasteiger partial charge in [-0.05, 0) is 33.0 Å². The Balaban J connectivity index is 2.38. The lowest BCUT2D eigenvalue weighted by atomic mass is 10.1. The zero-order valence-corrected chi connectivity index (χ0v) is 11.3. The number of carbonyl (C=O) groups excluding carboxylic acids is 1. The predicted octanol–water partition coefficient (Wildman–Crippen LogP) is 2.28. The van der Waals surface area contributed by atoms with Crippen LogP contribution in [0, 0.1) is 0 Å². The van der Waals surface area contributed by atoms with E-state index in [1.165, 1.54) is 5.56 Å². The van der Waals surface area contributed by atoms with E-state index in [0.29, 0.717) is 12.2 Å². The van der Waals surface area contributed by atoms with Crippen molar-refractivity contribution in [3.05, 3.63) is 47.5 Å². The van der Waals surface area contributed by atoms with Crippen molar-refractivity contribution in [1.82, 2.24) is 4.90 Å². The summed E-state index contributed by atoms with van der Waals surface area (Å²) in [4.78, 5) is 13.6. The molecular weight excluding hydrogens is 226 g/mol. The molecule has 0 saturated heterocycles. The Labute approximate surface area is 109 Å². The molecule has 0 bridgehead atoms. The minimum atomic E-state index is -0.229. The lowest BCUT2D eigenvalue weighted by Gasteiger charge is -2.10. The molecule has 0 heterocycles. The SMILES string of the molecule is CC(=CCc1ccccc1)C(=O)OCCN(C)C. The molecule has 0 saturated carbocycles. The zero-order chi connectivity index (χ0) is 13.4. The number of allylic oxidation sites excluding steroid dienone is 1. The monoisotopic (exact) mass is 247 g/mol. The summed E-state index contributed by atoms with van der Waals surface area (Å²) in [5, 5.41) is 0. The van der Waals surface area contributed by atoms with Crippen LogP contribution in [0.25, 0.3) is 0 Å². The molecule has 18 heavy (non-hydrogen) atoms. The molecule has 1 rings (SSSR count). The minimum absolute atomic E-state index is 0.229. The smallest absolute Gasteiger partial charge is 0.333 e. The molecule has 0 aliphatic heterocycles. The van der Waals surface area contributed by atoms with E-state index >= 15 is 0 Å². The maximum Gasteiger partial charge on any atom is 0.333 e. The van der Waals surface area contributed by atoms with Gasteiger partial charge < -0.3 is 9.64 Å². The fourth-order valence-electron chi connectivity index (χ4n) is 1.40. The van der Waals surface area contributed by atoms with Crippen LogP contribution >= 0.6 is 0 Å². The number of benzene rings is 1. The van der Waals surface area contributed by atoms with Crippen LogP contribution in [0.3, 0.4) is 0 Å². The second-order valence-electron chi connectivity index (χ2n) is 4.52. The maximum atomic E-state index is 11.6. The van der Waals surface area contributed by atoms with Gasteiger partial charge in [-0.15, -0.1) is 0 Å². The quantitative estimate of drug-likeness (QED) is 0.570. The third-order valence-corrected chi connectivity index (χ3v) is 2.58. The van der Waals surface area contributed by atoms with Crippen LogP contribution in [0.4, 0.5) is 0 Å². The molecule has 0 spiro atoms. The lowest BCUT2D eigenvalue weighted by Crippen LogP contribution is -2.20. The van der Waals surface area contributed by atoms with Crippen LogP contribution in [-0.2, 0) is 16.0 Å². The largest absolute Gasteiger partial charge is 0.461 e. The molecule has 0 radical (unpaired) electrons. The Morgan fingerprint density at radius 3 is 2.56 bits per heavy atom. The van der Waals surface area contributed by atoms with Crippen LogP contribution < -0.4 is 0 Å². The number of likely N-dealkylation sites (N-methyl/N-ethyl adjacent to an activating group) is 1. The van der Waals surface area contributed by atoms with E-state index in [1.54, 1.807) is 6.92 Å². The third-order valence-electron chi connectivity index (χ3n) is 2.58. The number of hydrogen-bond acceptors (Lipinski definition) is 3. The van der Waals surface area contributed by atoms with Crippen molar-refractivity contribution in [2.75, 3.05) is 27.2 Å². The number of carbonyl (C=O) groups is 1. The molecule has 1 aromatic carbocycles. The van der Waals surface area contributed by atoms with Crippen molar-refractivity contribution in [2.24, 2.45) is 0 Å². The number of esters is 1. The molecule has 1 aromatic rings. The predicted molar refractivity (Wildman–Crippen MR) is 73.4 cm³/mol. The number of rotatable bonds is 6. The molecule has 0 unspecified atom stereocenters.